The fourth-order valence-electron chi connectivity index (χ4n) is 3.48. The van der Waals surface area contributed by atoms with Crippen LogP contribution in [0.1, 0.15) is 75.6 Å². The second-order valence-corrected chi connectivity index (χ2v) is 7.34. The van der Waals surface area contributed by atoms with Gasteiger partial charge in [-0.25, -0.2) is 4.79 Å². The number of hydrogen-bond donors (Lipinski definition) is 0. The van der Waals surface area contributed by atoms with Crippen LogP contribution in [0.5, 0.6) is 11.5 Å². The number of carbonyl (C=O) groups is 1. The zero-order chi connectivity index (χ0) is 20.4. The van der Waals surface area contributed by atoms with E-state index in [9.17, 15) is 4.79 Å². The third-order valence-electron chi connectivity index (χ3n) is 4.75. The summed E-state index contributed by atoms with van der Waals surface area (Å²) in [5.74, 6) is 1.21. The minimum Gasteiger partial charge on any atom is -0.394 e. The molecule has 0 aliphatic carbocycles. The van der Waals surface area contributed by atoms with Crippen molar-refractivity contribution in [3.05, 3.63) is 58.7 Å². The van der Waals surface area contributed by atoms with Crippen molar-refractivity contribution in [2.45, 2.75) is 79.1 Å². The zero-order valence-corrected chi connectivity index (χ0v) is 17.8. The summed E-state index contributed by atoms with van der Waals surface area (Å²) in [5.41, 5.74) is 4.70. The fraction of sp³-hybridized carbons (Fsp3) is 0.480. The minimum atomic E-state index is -0.666. The molecule has 0 radical (unpaired) electrons. The van der Waals surface area contributed by atoms with Crippen LogP contribution in [0.2, 0.25) is 0 Å². The largest absolute Gasteiger partial charge is 0.519 e. The van der Waals surface area contributed by atoms with Crippen LogP contribution in [0.25, 0.3) is 0 Å². The van der Waals surface area contributed by atoms with Crippen LogP contribution in [0.3, 0.4) is 0 Å². The minimum absolute atomic E-state index is 0.603. The van der Waals surface area contributed by atoms with Gasteiger partial charge in [0.05, 0.1) is 0 Å². The topological polar surface area (TPSA) is 35.5 Å². The average molecular weight is 383 g/mol. The van der Waals surface area contributed by atoms with Gasteiger partial charge in [-0.2, -0.15) is 0 Å². The van der Waals surface area contributed by atoms with Gasteiger partial charge in [-0.05, 0) is 60.1 Å². The second kappa shape index (κ2) is 11.5. The fourth-order valence-corrected chi connectivity index (χ4v) is 3.48. The maximum absolute atomic E-state index is 12.5. The van der Waals surface area contributed by atoms with Gasteiger partial charge in [0.25, 0.3) is 0 Å². The summed E-state index contributed by atoms with van der Waals surface area (Å²) in [6, 6.07) is 12.2. The predicted octanol–water partition coefficient (Wildman–Crippen LogP) is 7.07. The number of hydrogen-bond acceptors (Lipinski definition) is 3. The normalized spacial score (nSPS) is 10.7. The molecular formula is C25H34O3. The van der Waals surface area contributed by atoms with Crippen molar-refractivity contribution in [1.82, 2.24) is 0 Å². The van der Waals surface area contributed by atoms with E-state index >= 15 is 0 Å². The molecule has 0 aromatic heterocycles. The Kier molecular flexibility index (Phi) is 9.06. The van der Waals surface area contributed by atoms with Crippen LogP contribution in [-0.2, 0) is 25.7 Å². The highest BCUT2D eigenvalue weighted by atomic mass is 16.7. The Bertz CT molecular complexity index is 701. The van der Waals surface area contributed by atoms with Crippen molar-refractivity contribution < 1.29 is 14.3 Å². The molecule has 3 nitrogen and oxygen atoms in total. The van der Waals surface area contributed by atoms with Gasteiger partial charge in [0.2, 0.25) is 0 Å². The van der Waals surface area contributed by atoms with Gasteiger partial charge in [-0.15, -0.1) is 0 Å². The Morgan fingerprint density at radius 2 is 1.04 bits per heavy atom. The highest BCUT2D eigenvalue weighted by molar-refractivity contribution is 5.68. The van der Waals surface area contributed by atoms with E-state index in [0.29, 0.717) is 11.5 Å². The van der Waals surface area contributed by atoms with Crippen LogP contribution in [-0.4, -0.2) is 6.16 Å². The first kappa shape index (κ1) is 22.0. The molecule has 0 atom stereocenters. The lowest BCUT2D eigenvalue weighted by molar-refractivity contribution is 0.151. The van der Waals surface area contributed by atoms with Crippen molar-refractivity contribution in [2.24, 2.45) is 0 Å². The molecule has 3 heteroatoms. The molecule has 0 saturated carbocycles. The van der Waals surface area contributed by atoms with Gasteiger partial charge >= 0.3 is 6.16 Å². The molecule has 0 bridgehead atoms. The average Bonchev–Trinajstić information content (AvgIpc) is 2.67. The Labute approximate surface area is 170 Å². The Morgan fingerprint density at radius 1 is 0.643 bits per heavy atom. The molecule has 0 amide bonds. The summed E-state index contributed by atoms with van der Waals surface area (Å²) in [6.07, 6.45) is 7.37. The molecule has 0 fully saturated rings. The Hall–Kier alpha value is -2.29. The SMILES string of the molecule is CCCc1ccc(OC(=O)Oc2ccc(CCC)cc2CCC)c(CCC)c1. The van der Waals surface area contributed by atoms with Gasteiger partial charge < -0.3 is 9.47 Å². The number of rotatable bonds is 10. The molecule has 0 heterocycles. The second-order valence-electron chi connectivity index (χ2n) is 7.34. The van der Waals surface area contributed by atoms with Gasteiger partial charge in [-0.3, -0.25) is 0 Å². The summed E-state index contributed by atoms with van der Waals surface area (Å²) in [5, 5.41) is 0. The van der Waals surface area contributed by atoms with E-state index in [1.807, 2.05) is 24.3 Å². The van der Waals surface area contributed by atoms with Crippen LogP contribution >= 0.6 is 0 Å². The molecule has 152 valence electrons. The van der Waals surface area contributed by atoms with Gasteiger partial charge in [0, 0.05) is 0 Å². The van der Waals surface area contributed by atoms with E-state index in [1.165, 1.54) is 11.1 Å². The maximum Gasteiger partial charge on any atom is 0.519 e. The van der Waals surface area contributed by atoms with E-state index in [2.05, 4.69) is 39.8 Å². The summed E-state index contributed by atoms with van der Waals surface area (Å²) < 4.78 is 11.2. The van der Waals surface area contributed by atoms with Crippen molar-refractivity contribution in [3.8, 4) is 11.5 Å². The van der Waals surface area contributed by atoms with Crippen molar-refractivity contribution in [3.63, 3.8) is 0 Å². The molecular weight excluding hydrogens is 348 g/mol. The Balaban J connectivity index is 2.15. The van der Waals surface area contributed by atoms with Crippen LogP contribution in [0, 0.1) is 0 Å². The summed E-state index contributed by atoms with van der Waals surface area (Å²) in [4.78, 5) is 12.5. The number of carbonyl (C=O) groups excluding carboxylic acids is 1. The molecule has 0 aliphatic heterocycles. The van der Waals surface area contributed by atoms with E-state index < -0.39 is 6.16 Å². The van der Waals surface area contributed by atoms with Crippen LogP contribution in [0.4, 0.5) is 4.79 Å². The van der Waals surface area contributed by atoms with Crippen LogP contribution < -0.4 is 9.47 Å². The van der Waals surface area contributed by atoms with Gasteiger partial charge in [-0.1, -0.05) is 77.6 Å². The number of aryl methyl sites for hydroxylation is 4. The summed E-state index contributed by atoms with van der Waals surface area (Å²) in [6.45, 7) is 8.59. The molecule has 0 spiro atoms. The molecule has 0 unspecified atom stereocenters. The first-order valence-electron chi connectivity index (χ1n) is 10.7. The molecule has 0 saturated heterocycles. The first-order valence-corrected chi connectivity index (χ1v) is 10.7. The quantitative estimate of drug-likeness (QED) is 0.325. The van der Waals surface area contributed by atoms with Crippen molar-refractivity contribution in [1.29, 1.82) is 0 Å². The highest BCUT2D eigenvalue weighted by Gasteiger charge is 2.14. The summed E-state index contributed by atoms with van der Waals surface area (Å²) in [7, 11) is 0. The molecule has 2 aromatic rings. The monoisotopic (exact) mass is 382 g/mol. The van der Waals surface area contributed by atoms with E-state index in [1.54, 1.807) is 0 Å². The van der Waals surface area contributed by atoms with E-state index in [-0.39, 0.29) is 0 Å². The lowest BCUT2D eigenvalue weighted by atomic mass is 10.0. The smallest absolute Gasteiger partial charge is 0.394 e. The predicted molar refractivity (Wildman–Crippen MR) is 116 cm³/mol. The summed E-state index contributed by atoms with van der Waals surface area (Å²) >= 11 is 0. The van der Waals surface area contributed by atoms with E-state index in [0.717, 1.165) is 62.5 Å². The maximum atomic E-state index is 12.5. The number of ether oxygens (including phenoxy) is 2. The van der Waals surface area contributed by atoms with Crippen molar-refractivity contribution in [2.75, 3.05) is 0 Å². The lowest BCUT2D eigenvalue weighted by Crippen LogP contribution is -2.16. The zero-order valence-electron chi connectivity index (χ0n) is 17.8. The Morgan fingerprint density at radius 3 is 1.39 bits per heavy atom. The standard InChI is InChI=1S/C25H34O3/c1-5-9-19-13-15-23(21(17-19)11-7-3)27-25(26)28-24-16-14-20(10-6-2)18-22(24)12-8-4/h13-18H,5-12H2,1-4H3. The highest BCUT2D eigenvalue weighted by Crippen LogP contribution is 2.26. The first-order chi connectivity index (χ1) is 13.6. The van der Waals surface area contributed by atoms with E-state index in [4.69, 9.17) is 9.47 Å². The third kappa shape index (κ3) is 6.40. The molecule has 0 aliphatic rings. The number of benzene rings is 2. The lowest BCUT2D eigenvalue weighted by Gasteiger charge is -2.14. The third-order valence-corrected chi connectivity index (χ3v) is 4.75. The van der Waals surface area contributed by atoms with Gasteiger partial charge in [0.15, 0.2) is 0 Å². The van der Waals surface area contributed by atoms with Crippen LogP contribution in [0.15, 0.2) is 36.4 Å². The molecule has 0 N–H and O–H groups in total. The molecule has 2 rings (SSSR count). The molecule has 28 heavy (non-hydrogen) atoms. The van der Waals surface area contributed by atoms with Crippen molar-refractivity contribution >= 4 is 6.16 Å². The molecule has 2 aromatic carbocycles. The van der Waals surface area contributed by atoms with Gasteiger partial charge in [0.1, 0.15) is 11.5 Å².